The van der Waals surface area contributed by atoms with Crippen LogP contribution in [0.15, 0.2) is 18.2 Å². The van der Waals surface area contributed by atoms with Crippen LogP contribution >= 0.6 is 0 Å². The third-order valence-electron chi connectivity index (χ3n) is 2.52. The number of rotatable bonds is 5. The first-order valence-electron chi connectivity index (χ1n) is 5.34. The van der Waals surface area contributed by atoms with Gasteiger partial charge in [-0.05, 0) is 31.0 Å². The van der Waals surface area contributed by atoms with E-state index >= 15 is 0 Å². The molecule has 0 saturated carbocycles. The second kappa shape index (κ2) is 5.61. The maximum atomic E-state index is 5.57. The molecule has 0 amide bonds. The maximum Gasteiger partial charge on any atom is 0.142 e. The van der Waals surface area contributed by atoms with Gasteiger partial charge in [-0.3, -0.25) is 0 Å². The molecule has 0 aliphatic heterocycles. The highest BCUT2D eigenvalue weighted by molar-refractivity contribution is 5.58. The molecule has 0 aliphatic rings. The van der Waals surface area contributed by atoms with Crippen LogP contribution in [0.5, 0.6) is 5.75 Å². The quantitative estimate of drug-likeness (QED) is 0.781. The lowest BCUT2D eigenvalue weighted by Crippen LogP contribution is -2.14. The number of ether oxygens (including phenoxy) is 1. The molecule has 3 nitrogen and oxygen atoms in total. The van der Waals surface area contributed by atoms with Gasteiger partial charge in [0.15, 0.2) is 0 Å². The van der Waals surface area contributed by atoms with Crippen molar-refractivity contribution < 1.29 is 4.74 Å². The topological polar surface area (TPSA) is 47.3 Å². The van der Waals surface area contributed by atoms with E-state index in [1.165, 1.54) is 0 Å². The molecular weight excluding hydrogens is 188 g/mol. The van der Waals surface area contributed by atoms with Gasteiger partial charge in [-0.2, -0.15) is 0 Å². The number of methoxy groups -OCH3 is 1. The molecule has 0 bridgehead atoms. The fourth-order valence-corrected chi connectivity index (χ4v) is 1.35. The molecule has 15 heavy (non-hydrogen) atoms. The van der Waals surface area contributed by atoms with Crippen molar-refractivity contribution >= 4 is 5.69 Å². The predicted octanol–water partition coefficient (Wildman–Crippen LogP) is 2.36. The van der Waals surface area contributed by atoms with Gasteiger partial charge >= 0.3 is 0 Å². The van der Waals surface area contributed by atoms with Crippen molar-refractivity contribution in [1.82, 2.24) is 0 Å². The van der Waals surface area contributed by atoms with E-state index in [9.17, 15) is 0 Å². The molecule has 0 saturated heterocycles. The fourth-order valence-electron chi connectivity index (χ4n) is 1.35. The van der Waals surface area contributed by atoms with Gasteiger partial charge in [-0.25, -0.2) is 0 Å². The molecule has 1 rings (SSSR count). The second-order valence-electron chi connectivity index (χ2n) is 3.69. The number of benzene rings is 1. The zero-order valence-corrected chi connectivity index (χ0v) is 9.71. The molecule has 0 aromatic heterocycles. The molecule has 0 spiro atoms. The fraction of sp³-hybridized carbons (Fsp3) is 0.500. The Labute approximate surface area is 91.6 Å². The van der Waals surface area contributed by atoms with Gasteiger partial charge in [0.2, 0.25) is 0 Å². The Hall–Kier alpha value is -1.22. The molecule has 0 radical (unpaired) electrons. The first kappa shape index (κ1) is 11.9. The Morgan fingerprint density at radius 2 is 2.20 bits per heavy atom. The Morgan fingerprint density at radius 3 is 2.73 bits per heavy atom. The van der Waals surface area contributed by atoms with E-state index in [-0.39, 0.29) is 0 Å². The minimum Gasteiger partial charge on any atom is -0.495 e. The number of hydrogen-bond donors (Lipinski definition) is 2. The lowest BCUT2D eigenvalue weighted by Gasteiger charge is -2.16. The van der Waals surface area contributed by atoms with Gasteiger partial charge in [-0.15, -0.1) is 0 Å². The molecule has 0 fully saturated rings. The summed E-state index contributed by atoms with van der Waals surface area (Å²) in [6.07, 6.45) is 1.09. The van der Waals surface area contributed by atoms with Crippen molar-refractivity contribution in [1.29, 1.82) is 0 Å². The Kier molecular flexibility index (Phi) is 4.43. The van der Waals surface area contributed by atoms with Gasteiger partial charge < -0.3 is 15.8 Å². The summed E-state index contributed by atoms with van der Waals surface area (Å²) in [6, 6.07) is 6.47. The summed E-state index contributed by atoms with van der Waals surface area (Å²) in [5.41, 5.74) is 7.69. The van der Waals surface area contributed by atoms with E-state index < -0.39 is 0 Å². The van der Waals surface area contributed by atoms with Crippen LogP contribution in [0.4, 0.5) is 5.69 Å². The lowest BCUT2D eigenvalue weighted by molar-refractivity contribution is 0.415. The average Bonchev–Trinajstić information content (AvgIpc) is 2.29. The van der Waals surface area contributed by atoms with E-state index in [0.717, 1.165) is 23.4 Å². The molecule has 1 aromatic rings. The van der Waals surface area contributed by atoms with Crippen molar-refractivity contribution in [2.24, 2.45) is 5.73 Å². The summed E-state index contributed by atoms with van der Waals surface area (Å²) in [7, 11) is 1.68. The summed E-state index contributed by atoms with van der Waals surface area (Å²) in [5, 5.41) is 3.40. The monoisotopic (exact) mass is 208 g/mol. The highest BCUT2D eigenvalue weighted by atomic mass is 16.5. The minimum absolute atomic E-state index is 0.447. The third kappa shape index (κ3) is 3.13. The molecule has 84 valence electrons. The van der Waals surface area contributed by atoms with Crippen LogP contribution in [0.1, 0.15) is 25.8 Å². The first-order chi connectivity index (χ1) is 7.21. The van der Waals surface area contributed by atoms with Crippen LogP contribution < -0.4 is 15.8 Å². The van der Waals surface area contributed by atoms with Crippen LogP contribution in [0.25, 0.3) is 0 Å². The summed E-state index contributed by atoms with van der Waals surface area (Å²) < 4.78 is 5.32. The molecule has 1 atom stereocenters. The Morgan fingerprint density at radius 1 is 1.47 bits per heavy atom. The van der Waals surface area contributed by atoms with Crippen LogP contribution in [0.2, 0.25) is 0 Å². The van der Waals surface area contributed by atoms with Crippen LogP contribution in [0.3, 0.4) is 0 Å². The van der Waals surface area contributed by atoms with Crippen molar-refractivity contribution in [2.45, 2.75) is 32.9 Å². The molecular formula is C12H20N2O. The van der Waals surface area contributed by atoms with Crippen molar-refractivity contribution in [3.05, 3.63) is 23.8 Å². The van der Waals surface area contributed by atoms with Gasteiger partial charge in [0.05, 0.1) is 12.8 Å². The SMILES string of the molecule is CCC(C)Nc1ccc(CN)cc1OC. The van der Waals surface area contributed by atoms with E-state index in [1.54, 1.807) is 7.11 Å². The molecule has 1 aromatic carbocycles. The summed E-state index contributed by atoms with van der Waals surface area (Å²) in [4.78, 5) is 0. The Bertz CT molecular complexity index is 312. The van der Waals surface area contributed by atoms with Gasteiger partial charge in [0, 0.05) is 12.6 Å². The van der Waals surface area contributed by atoms with E-state index in [4.69, 9.17) is 10.5 Å². The second-order valence-corrected chi connectivity index (χ2v) is 3.69. The third-order valence-corrected chi connectivity index (χ3v) is 2.52. The molecule has 0 aliphatic carbocycles. The molecule has 1 unspecified atom stereocenters. The number of hydrogen-bond acceptors (Lipinski definition) is 3. The summed E-state index contributed by atoms with van der Waals surface area (Å²) in [6.45, 7) is 4.84. The van der Waals surface area contributed by atoms with Crippen molar-refractivity contribution in [3.8, 4) is 5.75 Å². The standard InChI is InChI=1S/C12H20N2O/c1-4-9(2)14-11-6-5-10(8-13)7-12(11)15-3/h5-7,9,14H,4,8,13H2,1-3H3. The predicted molar refractivity (Wildman–Crippen MR) is 64.3 cm³/mol. The normalized spacial score (nSPS) is 12.3. The summed E-state index contributed by atoms with van der Waals surface area (Å²) in [5.74, 6) is 0.859. The summed E-state index contributed by atoms with van der Waals surface area (Å²) >= 11 is 0. The van der Waals surface area contributed by atoms with Crippen LogP contribution in [-0.4, -0.2) is 13.2 Å². The molecule has 3 N–H and O–H groups in total. The van der Waals surface area contributed by atoms with E-state index in [1.807, 2.05) is 18.2 Å². The van der Waals surface area contributed by atoms with E-state index in [2.05, 4.69) is 19.2 Å². The van der Waals surface area contributed by atoms with Gasteiger partial charge in [0.1, 0.15) is 5.75 Å². The van der Waals surface area contributed by atoms with Crippen molar-refractivity contribution in [2.75, 3.05) is 12.4 Å². The largest absolute Gasteiger partial charge is 0.495 e. The number of anilines is 1. The smallest absolute Gasteiger partial charge is 0.142 e. The van der Waals surface area contributed by atoms with Crippen molar-refractivity contribution in [3.63, 3.8) is 0 Å². The minimum atomic E-state index is 0.447. The van der Waals surface area contributed by atoms with Gasteiger partial charge in [0.25, 0.3) is 0 Å². The first-order valence-corrected chi connectivity index (χ1v) is 5.34. The van der Waals surface area contributed by atoms with E-state index in [0.29, 0.717) is 12.6 Å². The highest BCUT2D eigenvalue weighted by Gasteiger charge is 2.05. The number of nitrogens with one attached hydrogen (secondary N) is 1. The maximum absolute atomic E-state index is 5.57. The Balaban J connectivity index is 2.87. The van der Waals surface area contributed by atoms with Crippen LogP contribution in [0, 0.1) is 0 Å². The lowest BCUT2D eigenvalue weighted by atomic mass is 10.1. The highest BCUT2D eigenvalue weighted by Crippen LogP contribution is 2.26. The molecule has 0 heterocycles. The zero-order chi connectivity index (χ0) is 11.3. The zero-order valence-electron chi connectivity index (χ0n) is 9.71. The van der Waals surface area contributed by atoms with Crippen LogP contribution in [-0.2, 0) is 6.54 Å². The van der Waals surface area contributed by atoms with Gasteiger partial charge in [-0.1, -0.05) is 13.0 Å². The molecule has 3 heteroatoms. The average molecular weight is 208 g/mol. The number of nitrogens with two attached hydrogens (primary N) is 1.